The first-order valence-electron chi connectivity index (χ1n) is 7.12. The number of ketones is 1. The molecule has 2 nitrogen and oxygen atoms in total. The topological polar surface area (TPSA) is 20.3 Å². The summed E-state index contributed by atoms with van der Waals surface area (Å²) in [6, 6.07) is 7.26. The second-order valence-corrected chi connectivity index (χ2v) is 5.50. The largest absolute Gasteiger partial charge is 0.298 e. The zero-order valence-electron chi connectivity index (χ0n) is 11.7. The molecule has 0 radical (unpaired) electrons. The van der Waals surface area contributed by atoms with Gasteiger partial charge in [0.2, 0.25) is 0 Å². The third-order valence-electron chi connectivity index (χ3n) is 4.10. The third-order valence-corrected chi connectivity index (χ3v) is 4.10. The SMILES string of the molecule is CCC1CCC(C)N1CC(=O)Cc1ccc(F)cc1. The lowest BCUT2D eigenvalue weighted by Crippen LogP contribution is -2.38. The molecular weight excluding hydrogens is 241 g/mol. The summed E-state index contributed by atoms with van der Waals surface area (Å²) < 4.78 is 12.8. The van der Waals surface area contributed by atoms with Crippen molar-refractivity contribution in [1.82, 2.24) is 4.90 Å². The molecule has 3 heteroatoms. The molecule has 19 heavy (non-hydrogen) atoms. The first-order chi connectivity index (χ1) is 9.10. The van der Waals surface area contributed by atoms with Gasteiger partial charge in [0, 0.05) is 18.5 Å². The van der Waals surface area contributed by atoms with E-state index in [1.165, 1.54) is 25.0 Å². The molecule has 2 rings (SSSR count). The number of rotatable bonds is 5. The molecule has 2 unspecified atom stereocenters. The summed E-state index contributed by atoms with van der Waals surface area (Å²) in [5, 5.41) is 0. The molecule has 104 valence electrons. The Morgan fingerprint density at radius 1 is 1.32 bits per heavy atom. The van der Waals surface area contributed by atoms with Gasteiger partial charge in [-0.3, -0.25) is 9.69 Å². The molecule has 1 aromatic rings. The highest BCUT2D eigenvalue weighted by atomic mass is 19.1. The van der Waals surface area contributed by atoms with Gasteiger partial charge in [0.1, 0.15) is 5.82 Å². The fourth-order valence-corrected chi connectivity index (χ4v) is 2.94. The van der Waals surface area contributed by atoms with Crippen molar-refractivity contribution in [3.05, 3.63) is 35.6 Å². The Morgan fingerprint density at radius 3 is 2.63 bits per heavy atom. The van der Waals surface area contributed by atoms with Crippen molar-refractivity contribution in [3.8, 4) is 0 Å². The lowest BCUT2D eigenvalue weighted by atomic mass is 10.1. The highest BCUT2D eigenvalue weighted by Crippen LogP contribution is 2.25. The van der Waals surface area contributed by atoms with Gasteiger partial charge in [-0.25, -0.2) is 4.39 Å². The Bertz CT molecular complexity index is 429. The fraction of sp³-hybridized carbons (Fsp3) is 0.562. The van der Waals surface area contributed by atoms with Crippen molar-refractivity contribution in [2.24, 2.45) is 0 Å². The Morgan fingerprint density at radius 2 is 2.00 bits per heavy atom. The molecule has 0 bridgehead atoms. The molecule has 0 aliphatic carbocycles. The summed E-state index contributed by atoms with van der Waals surface area (Å²) in [5.74, 6) is -0.0331. The average molecular weight is 263 g/mol. The van der Waals surface area contributed by atoms with Gasteiger partial charge in [-0.05, 0) is 43.9 Å². The van der Waals surface area contributed by atoms with Crippen LogP contribution in [0.25, 0.3) is 0 Å². The predicted molar refractivity (Wildman–Crippen MR) is 74.6 cm³/mol. The second-order valence-electron chi connectivity index (χ2n) is 5.50. The number of nitrogens with zero attached hydrogens (tertiary/aromatic N) is 1. The van der Waals surface area contributed by atoms with Gasteiger partial charge in [0.15, 0.2) is 5.78 Å². The van der Waals surface area contributed by atoms with E-state index in [-0.39, 0.29) is 11.6 Å². The van der Waals surface area contributed by atoms with Crippen LogP contribution in [0.15, 0.2) is 24.3 Å². The monoisotopic (exact) mass is 263 g/mol. The molecule has 2 atom stereocenters. The number of carbonyl (C=O) groups excluding carboxylic acids is 1. The van der Waals surface area contributed by atoms with Gasteiger partial charge < -0.3 is 0 Å². The second kappa shape index (κ2) is 6.29. The minimum Gasteiger partial charge on any atom is -0.298 e. The number of likely N-dealkylation sites (tertiary alicyclic amines) is 1. The van der Waals surface area contributed by atoms with E-state index in [1.54, 1.807) is 12.1 Å². The van der Waals surface area contributed by atoms with Crippen LogP contribution in [0.2, 0.25) is 0 Å². The van der Waals surface area contributed by atoms with Crippen molar-refractivity contribution >= 4 is 5.78 Å². The average Bonchev–Trinajstić information content (AvgIpc) is 2.73. The maximum Gasteiger partial charge on any atom is 0.151 e. The first kappa shape index (κ1) is 14.2. The maximum atomic E-state index is 12.8. The summed E-state index contributed by atoms with van der Waals surface area (Å²) in [6.07, 6.45) is 3.89. The fourth-order valence-electron chi connectivity index (χ4n) is 2.94. The molecule has 1 fully saturated rings. The van der Waals surface area contributed by atoms with E-state index in [0.717, 1.165) is 12.0 Å². The van der Waals surface area contributed by atoms with E-state index in [0.29, 0.717) is 25.0 Å². The van der Waals surface area contributed by atoms with E-state index in [4.69, 9.17) is 0 Å². The molecule has 1 saturated heterocycles. The van der Waals surface area contributed by atoms with Gasteiger partial charge in [0.25, 0.3) is 0 Å². The molecule has 0 N–H and O–H groups in total. The van der Waals surface area contributed by atoms with E-state index in [1.807, 2.05) is 0 Å². The smallest absolute Gasteiger partial charge is 0.151 e. The van der Waals surface area contributed by atoms with Crippen LogP contribution in [0.4, 0.5) is 4.39 Å². The number of halogens is 1. The van der Waals surface area contributed by atoms with E-state index >= 15 is 0 Å². The van der Waals surface area contributed by atoms with Crippen LogP contribution in [0, 0.1) is 5.82 Å². The molecule has 0 amide bonds. The molecule has 1 aliphatic heterocycles. The van der Waals surface area contributed by atoms with Crippen LogP contribution in [0.5, 0.6) is 0 Å². The van der Waals surface area contributed by atoms with Crippen molar-refractivity contribution in [3.63, 3.8) is 0 Å². The molecule has 1 heterocycles. The van der Waals surface area contributed by atoms with Crippen molar-refractivity contribution in [1.29, 1.82) is 0 Å². The quantitative estimate of drug-likeness (QED) is 0.813. The number of benzene rings is 1. The van der Waals surface area contributed by atoms with Gasteiger partial charge >= 0.3 is 0 Å². The Balaban J connectivity index is 1.92. The van der Waals surface area contributed by atoms with Gasteiger partial charge in [-0.15, -0.1) is 0 Å². The van der Waals surface area contributed by atoms with E-state index in [9.17, 15) is 9.18 Å². The highest BCUT2D eigenvalue weighted by molar-refractivity contribution is 5.82. The number of hydrogen-bond acceptors (Lipinski definition) is 2. The van der Waals surface area contributed by atoms with E-state index in [2.05, 4.69) is 18.7 Å². The summed E-state index contributed by atoms with van der Waals surface area (Å²) >= 11 is 0. The number of carbonyl (C=O) groups is 1. The number of Topliss-reactive ketones (excluding diaryl/α,β-unsaturated/α-hetero) is 1. The Hall–Kier alpha value is -1.22. The minimum atomic E-state index is -0.254. The predicted octanol–water partition coefficient (Wildman–Crippen LogP) is 3.20. The molecule has 1 aliphatic rings. The van der Waals surface area contributed by atoms with Crippen LogP contribution >= 0.6 is 0 Å². The minimum absolute atomic E-state index is 0.221. The molecular formula is C16H22FNO. The lowest BCUT2D eigenvalue weighted by Gasteiger charge is -2.26. The lowest BCUT2D eigenvalue weighted by molar-refractivity contribution is -0.120. The zero-order chi connectivity index (χ0) is 13.8. The first-order valence-corrected chi connectivity index (χ1v) is 7.12. The van der Waals surface area contributed by atoms with Gasteiger partial charge in [-0.2, -0.15) is 0 Å². The normalized spacial score (nSPS) is 23.7. The summed E-state index contributed by atoms with van der Waals surface area (Å²) in [4.78, 5) is 14.5. The standard InChI is InChI=1S/C16H22FNO/c1-3-15-9-4-12(2)18(15)11-16(19)10-13-5-7-14(17)8-6-13/h5-8,12,15H,3-4,9-11H2,1-2H3. The Kier molecular flexibility index (Phi) is 4.70. The summed E-state index contributed by atoms with van der Waals surface area (Å²) in [7, 11) is 0. The summed E-state index contributed by atoms with van der Waals surface area (Å²) in [5.41, 5.74) is 0.895. The van der Waals surface area contributed by atoms with Gasteiger partial charge in [-0.1, -0.05) is 19.1 Å². The Labute approximate surface area is 114 Å². The van der Waals surface area contributed by atoms with Crippen LogP contribution in [0.1, 0.15) is 38.7 Å². The highest BCUT2D eigenvalue weighted by Gasteiger charge is 2.30. The van der Waals surface area contributed by atoms with Crippen molar-refractivity contribution in [2.45, 2.75) is 51.6 Å². The van der Waals surface area contributed by atoms with E-state index < -0.39 is 0 Å². The molecule has 0 saturated carbocycles. The van der Waals surface area contributed by atoms with Crippen molar-refractivity contribution < 1.29 is 9.18 Å². The third kappa shape index (κ3) is 3.63. The zero-order valence-corrected chi connectivity index (χ0v) is 11.7. The molecule has 1 aromatic carbocycles. The molecule has 0 spiro atoms. The number of hydrogen-bond donors (Lipinski definition) is 0. The van der Waals surface area contributed by atoms with Crippen LogP contribution in [-0.4, -0.2) is 29.3 Å². The van der Waals surface area contributed by atoms with Gasteiger partial charge in [0.05, 0.1) is 6.54 Å². The van der Waals surface area contributed by atoms with Crippen LogP contribution < -0.4 is 0 Å². The summed E-state index contributed by atoms with van der Waals surface area (Å²) in [6.45, 7) is 4.90. The van der Waals surface area contributed by atoms with Crippen LogP contribution in [0.3, 0.4) is 0 Å². The van der Waals surface area contributed by atoms with Crippen LogP contribution in [-0.2, 0) is 11.2 Å². The van der Waals surface area contributed by atoms with Crippen molar-refractivity contribution in [2.75, 3.05) is 6.54 Å². The molecule has 0 aromatic heterocycles. The maximum absolute atomic E-state index is 12.8.